The first-order valence-corrected chi connectivity index (χ1v) is 7.61. The highest BCUT2D eigenvalue weighted by Crippen LogP contribution is 2.13. The maximum Gasteiger partial charge on any atom is 0.260 e. The Morgan fingerprint density at radius 3 is 2.53 bits per heavy atom. The van der Waals surface area contributed by atoms with Crippen LogP contribution in [0.1, 0.15) is 5.56 Å². The number of carbonyl (C=O) groups is 1. The molecule has 0 radical (unpaired) electrons. The van der Waals surface area contributed by atoms with E-state index < -0.39 is 0 Å². The molecule has 1 heterocycles. The Hall–Kier alpha value is -1.27. The second kappa shape index (κ2) is 6.77. The molecule has 0 saturated carbocycles. The smallest absolute Gasteiger partial charge is 0.260 e. The number of nitrogens with two attached hydrogens (primary N) is 1. The van der Waals surface area contributed by atoms with Gasteiger partial charge in [-0.2, -0.15) is 11.8 Å². The van der Waals surface area contributed by atoms with Crippen LogP contribution in [0.25, 0.3) is 0 Å². The minimum Gasteiger partial charge on any atom is -0.484 e. The number of amides is 1. The molecule has 102 valence electrons. The molecular weight excluding hydrogens is 280 g/mol. The second-order valence-electron chi connectivity index (χ2n) is 4.17. The van der Waals surface area contributed by atoms with E-state index in [0.717, 1.165) is 30.2 Å². The van der Waals surface area contributed by atoms with Crippen molar-refractivity contribution in [3.8, 4) is 5.75 Å². The van der Waals surface area contributed by atoms with Crippen LogP contribution in [0.15, 0.2) is 24.3 Å². The van der Waals surface area contributed by atoms with Gasteiger partial charge in [-0.3, -0.25) is 4.79 Å². The summed E-state index contributed by atoms with van der Waals surface area (Å²) in [6.07, 6.45) is 0. The van der Waals surface area contributed by atoms with Crippen LogP contribution in [-0.4, -0.2) is 47.0 Å². The van der Waals surface area contributed by atoms with Gasteiger partial charge in [0, 0.05) is 30.2 Å². The monoisotopic (exact) mass is 296 g/mol. The van der Waals surface area contributed by atoms with Crippen molar-refractivity contribution >= 4 is 34.9 Å². The molecule has 1 aromatic carbocycles. The zero-order valence-electron chi connectivity index (χ0n) is 10.5. The summed E-state index contributed by atoms with van der Waals surface area (Å²) in [7, 11) is 0. The molecule has 0 atom stereocenters. The summed E-state index contributed by atoms with van der Waals surface area (Å²) in [4.78, 5) is 14.1. The highest BCUT2D eigenvalue weighted by Gasteiger charge is 2.16. The summed E-state index contributed by atoms with van der Waals surface area (Å²) in [5.41, 5.74) is 6.30. The molecule has 2 N–H and O–H groups in total. The average molecular weight is 296 g/mol. The van der Waals surface area contributed by atoms with E-state index in [1.54, 1.807) is 24.3 Å². The second-order valence-corrected chi connectivity index (χ2v) is 5.84. The Bertz CT molecular complexity index is 456. The average Bonchev–Trinajstić information content (AvgIpc) is 2.46. The molecule has 0 bridgehead atoms. The lowest BCUT2D eigenvalue weighted by Crippen LogP contribution is -2.40. The lowest BCUT2D eigenvalue weighted by molar-refractivity contribution is -0.132. The van der Waals surface area contributed by atoms with E-state index in [-0.39, 0.29) is 12.5 Å². The molecule has 1 fully saturated rings. The summed E-state index contributed by atoms with van der Waals surface area (Å²) in [6.45, 7) is 1.71. The van der Waals surface area contributed by atoms with Crippen LogP contribution in [0.4, 0.5) is 0 Å². The Kier molecular flexibility index (Phi) is 5.04. The van der Waals surface area contributed by atoms with Crippen LogP contribution in [0.2, 0.25) is 0 Å². The molecule has 1 aliphatic heterocycles. The third-order valence-corrected chi connectivity index (χ3v) is 4.04. The van der Waals surface area contributed by atoms with E-state index in [1.165, 1.54) is 0 Å². The number of nitrogens with zero attached hydrogens (tertiary/aromatic N) is 1. The third-order valence-electron chi connectivity index (χ3n) is 2.86. The van der Waals surface area contributed by atoms with E-state index >= 15 is 0 Å². The molecule has 1 amide bonds. The van der Waals surface area contributed by atoms with Crippen molar-refractivity contribution in [3.05, 3.63) is 29.8 Å². The quantitative estimate of drug-likeness (QED) is 0.848. The number of rotatable bonds is 4. The van der Waals surface area contributed by atoms with Gasteiger partial charge >= 0.3 is 0 Å². The topological polar surface area (TPSA) is 55.6 Å². The van der Waals surface area contributed by atoms with Crippen molar-refractivity contribution in [2.75, 3.05) is 31.2 Å². The summed E-state index contributed by atoms with van der Waals surface area (Å²) < 4.78 is 5.47. The fourth-order valence-electron chi connectivity index (χ4n) is 1.76. The molecule has 0 spiro atoms. The first kappa shape index (κ1) is 14.1. The van der Waals surface area contributed by atoms with Crippen molar-refractivity contribution in [1.29, 1.82) is 0 Å². The van der Waals surface area contributed by atoms with Gasteiger partial charge in [0.25, 0.3) is 5.91 Å². The number of thioether (sulfide) groups is 1. The van der Waals surface area contributed by atoms with Gasteiger partial charge in [0.05, 0.1) is 0 Å². The molecule has 6 heteroatoms. The van der Waals surface area contributed by atoms with Gasteiger partial charge in [0.15, 0.2) is 6.61 Å². The standard InChI is InChI=1S/C13H16N2O2S2/c14-13(18)10-1-3-11(4-2-10)17-9-12(16)15-5-7-19-8-6-15/h1-4H,5-9H2,(H2,14,18). The predicted octanol–water partition coefficient (Wildman–Crippen LogP) is 1.28. The lowest BCUT2D eigenvalue weighted by Gasteiger charge is -2.26. The van der Waals surface area contributed by atoms with E-state index in [1.807, 2.05) is 16.7 Å². The van der Waals surface area contributed by atoms with Gasteiger partial charge < -0.3 is 15.4 Å². The fourth-order valence-corrected chi connectivity index (χ4v) is 2.80. The summed E-state index contributed by atoms with van der Waals surface area (Å²) in [5, 5.41) is 0. The normalized spacial score (nSPS) is 15.1. The molecule has 0 unspecified atom stereocenters. The summed E-state index contributed by atoms with van der Waals surface area (Å²) in [5.74, 6) is 2.71. The van der Waals surface area contributed by atoms with Crippen LogP contribution in [0.3, 0.4) is 0 Å². The minimum atomic E-state index is 0.0405. The molecule has 2 rings (SSSR count). The number of benzene rings is 1. The number of thiocarbonyl (C=S) groups is 1. The van der Waals surface area contributed by atoms with E-state index in [9.17, 15) is 4.79 Å². The van der Waals surface area contributed by atoms with Crippen LogP contribution in [-0.2, 0) is 4.79 Å². The molecule has 1 aromatic rings. The van der Waals surface area contributed by atoms with Gasteiger partial charge in [-0.1, -0.05) is 12.2 Å². The minimum absolute atomic E-state index is 0.0405. The number of hydrogen-bond acceptors (Lipinski definition) is 4. The molecule has 1 aliphatic rings. The zero-order valence-corrected chi connectivity index (χ0v) is 12.1. The Morgan fingerprint density at radius 2 is 1.95 bits per heavy atom. The lowest BCUT2D eigenvalue weighted by atomic mass is 10.2. The van der Waals surface area contributed by atoms with Crippen molar-refractivity contribution < 1.29 is 9.53 Å². The maximum atomic E-state index is 11.9. The highest BCUT2D eigenvalue weighted by molar-refractivity contribution is 7.99. The van der Waals surface area contributed by atoms with Crippen LogP contribution in [0, 0.1) is 0 Å². The SMILES string of the molecule is NC(=S)c1ccc(OCC(=O)N2CCSCC2)cc1. The van der Waals surface area contributed by atoms with E-state index in [4.69, 9.17) is 22.7 Å². The Morgan fingerprint density at radius 1 is 1.32 bits per heavy atom. The molecule has 1 saturated heterocycles. The Labute approximate surface area is 122 Å². The first-order valence-electron chi connectivity index (χ1n) is 6.05. The number of hydrogen-bond donors (Lipinski definition) is 1. The van der Waals surface area contributed by atoms with E-state index in [0.29, 0.717) is 10.7 Å². The summed E-state index contributed by atoms with van der Waals surface area (Å²) >= 11 is 6.75. The van der Waals surface area contributed by atoms with E-state index in [2.05, 4.69) is 0 Å². The van der Waals surface area contributed by atoms with Crippen LogP contribution < -0.4 is 10.5 Å². The molecule has 0 aliphatic carbocycles. The highest BCUT2D eigenvalue weighted by atomic mass is 32.2. The van der Waals surface area contributed by atoms with Gasteiger partial charge in [-0.25, -0.2) is 0 Å². The van der Waals surface area contributed by atoms with Gasteiger partial charge in [-0.05, 0) is 24.3 Å². The predicted molar refractivity (Wildman–Crippen MR) is 81.7 cm³/mol. The van der Waals surface area contributed by atoms with Crippen molar-refractivity contribution in [2.45, 2.75) is 0 Å². The maximum absolute atomic E-state index is 11.9. The Balaban J connectivity index is 1.84. The third kappa shape index (κ3) is 4.11. The largest absolute Gasteiger partial charge is 0.484 e. The van der Waals surface area contributed by atoms with Gasteiger partial charge in [-0.15, -0.1) is 0 Å². The van der Waals surface area contributed by atoms with Crippen LogP contribution in [0.5, 0.6) is 5.75 Å². The molecule has 4 nitrogen and oxygen atoms in total. The van der Waals surface area contributed by atoms with Crippen molar-refractivity contribution in [3.63, 3.8) is 0 Å². The first-order chi connectivity index (χ1) is 9.16. The molecule has 0 aromatic heterocycles. The van der Waals surface area contributed by atoms with Crippen LogP contribution >= 0.6 is 24.0 Å². The summed E-state index contributed by atoms with van der Waals surface area (Å²) in [6, 6.07) is 7.13. The van der Waals surface area contributed by atoms with Crippen molar-refractivity contribution in [2.24, 2.45) is 5.73 Å². The fraction of sp³-hybridized carbons (Fsp3) is 0.385. The van der Waals surface area contributed by atoms with Gasteiger partial charge in [0.1, 0.15) is 10.7 Å². The molecular formula is C13H16N2O2S2. The van der Waals surface area contributed by atoms with Gasteiger partial charge in [0.2, 0.25) is 0 Å². The van der Waals surface area contributed by atoms with Crippen molar-refractivity contribution in [1.82, 2.24) is 4.90 Å². The zero-order chi connectivity index (χ0) is 13.7. The number of carbonyl (C=O) groups excluding carboxylic acids is 1. The molecule has 19 heavy (non-hydrogen) atoms. The number of ether oxygens (including phenoxy) is 1.